The van der Waals surface area contributed by atoms with E-state index >= 15 is 0 Å². The van der Waals surface area contributed by atoms with E-state index in [4.69, 9.17) is 0 Å². The van der Waals surface area contributed by atoms with Gasteiger partial charge in [-0.3, -0.25) is 4.79 Å². The van der Waals surface area contributed by atoms with Crippen molar-refractivity contribution in [3.63, 3.8) is 0 Å². The molecule has 0 amide bonds. The zero-order chi connectivity index (χ0) is 13.9. The minimum Gasteiger partial charge on any atom is -0.293 e. The Morgan fingerprint density at radius 3 is 2.65 bits per heavy atom. The fourth-order valence-corrected chi connectivity index (χ4v) is 5.10. The number of aryl methyl sites for hydroxylation is 2. The van der Waals surface area contributed by atoms with Gasteiger partial charge in [0.2, 0.25) is 0 Å². The van der Waals surface area contributed by atoms with E-state index in [1.807, 2.05) is 11.3 Å². The lowest BCUT2D eigenvalue weighted by atomic mass is 9.79. The molecule has 110 valence electrons. The van der Waals surface area contributed by atoms with Crippen LogP contribution in [0.5, 0.6) is 0 Å². The molecule has 2 aliphatic rings. The largest absolute Gasteiger partial charge is 0.293 e. The maximum atomic E-state index is 12.7. The topological polar surface area (TPSA) is 17.1 Å². The van der Waals surface area contributed by atoms with E-state index in [-0.39, 0.29) is 0 Å². The third kappa shape index (κ3) is 3.00. The molecule has 1 fully saturated rings. The smallest absolute Gasteiger partial charge is 0.175 e. The Labute approximate surface area is 126 Å². The van der Waals surface area contributed by atoms with Crippen molar-refractivity contribution in [2.24, 2.45) is 11.8 Å². The van der Waals surface area contributed by atoms with Crippen molar-refractivity contribution in [3.05, 3.63) is 21.4 Å². The van der Waals surface area contributed by atoms with Gasteiger partial charge in [0, 0.05) is 10.8 Å². The number of ketones is 1. The predicted molar refractivity (Wildman–Crippen MR) is 85.6 cm³/mol. The Hall–Kier alpha value is -0.630. The number of Topliss-reactive ketones (excluding diaryl/α,β-unsaturated/α-hetero) is 1. The van der Waals surface area contributed by atoms with Crippen molar-refractivity contribution >= 4 is 17.1 Å². The fourth-order valence-electron chi connectivity index (χ4n) is 3.82. The maximum absolute atomic E-state index is 12.7. The van der Waals surface area contributed by atoms with Crippen LogP contribution in [0.3, 0.4) is 0 Å². The lowest BCUT2D eigenvalue weighted by Crippen LogP contribution is -2.21. The van der Waals surface area contributed by atoms with Crippen molar-refractivity contribution in [2.45, 2.75) is 71.1 Å². The number of carbonyl (C=O) groups is 1. The van der Waals surface area contributed by atoms with Crippen LogP contribution < -0.4 is 0 Å². The Balaban J connectivity index is 1.68. The molecule has 0 aliphatic heterocycles. The van der Waals surface area contributed by atoms with E-state index in [0.29, 0.717) is 11.7 Å². The minimum atomic E-state index is 0.320. The molecule has 1 aromatic rings. The molecule has 20 heavy (non-hydrogen) atoms. The Kier molecular flexibility index (Phi) is 4.60. The molecule has 2 heteroatoms. The van der Waals surface area contributed by atoms with Crippen LogP contribution in [0, 0.1) is 11.8 Å². The van der Waals surface area contributed by atoms with Crippen LogP contribution in [-0.2, 0) is 12.8 Å². The molecule has 0 bridgehead atoms. The number of carbonyl (C=O) groups excluding carboxylic acids is 1. The molecule has 1 nitrogen and oxygen atoms in total. The van der Waals surface area contributed by atoms with Crippen LogP contribution in [0.25, 0.3) is 0 Å². The molecule has 0 unspecified atom stereocenters. The number of rotatable bonds is 3. The van der Waals surface area contributed by atoms with Crippen LogP contribution in [0.2, 0.25) is 0 Å². The SMILES string of the molecule is CCC1CCC(C(=O)c2cc3c(s2)CCCCC3)CC1. The van der Waals surface area contributed by atoms with Crippen molar-refractivity contribution in [3.8, 4) is 0 Å². The Bertz CT molecular complexity index is 442. The summed E-state index contributed by atoms with van der Waals surface area (Å²) in [6.45, 7) is 2.28. The van der Waals surface area contributed by atoms with Gasteiger partial charge in [-0.25, -0.2) is 0 Å². The lowest BCUT2D eigenvalue weighted by Gasteiger charge is -2.26. The molecule has 0 atom stereocenters. The van der Waals surface area contributed by atoms with Gasteiger partial charge in [-0.05, 0) is 68.9 Å². The van der Waals surface area contributed by atoms with Crippen LogP contribution >= 0.6 is 11.3 Å². The zero-order valence-corrected chi connectivity index (χ0v) is 13.4. The van der Waals surface area contributed by atoms with Crippen molar-refractivity contribution < 1.29 is 4.79 Å². The maximum Gasteiger partial charge on any atom is 0.175 e. The molecule has 1 heterocycles. The first-order valence-corrected chi connectivity index (χ1v) is 9.25. The molecular weight excluding hydrogens is 264 g/mol. The lowest BCUT2D eigenvalue weighted by molar-refractivity contribution is 0.0875. The monoisotopic (exact) mass is 290 g/mol. The summed E-state index contributed by atoms with van der Waals surface area (Å²) in [5, 5.41) is 0. The van der Waals surface area contributed by atoms with Gasteiger partial charge in [0.05, 0.1) is 4.88 Å². The Morgan fingerprint density at radius 1 is 1.15 bits per heavy atom. The molecule has 0 radical (unpaired) electrons. The van der Waals surface area contributed by atoms with Gasteiger partial charge in [-0.2, -0.15) is 0 Å². The molecule has 0 N–H and O–H groups in total. The number of hydrogen-bond acceptors (Lipinski definition) is 2. The normalized spacial score (nSPS) is 26.9. The number of thiophene rings is 1. The predicted octanol–water partition coefficient (Wildman–Crippen LogP) is 5.42. The van der Waals surface area contributed by atoms with Gasteiger partial charge in [0.1, 0.15) is 0 Å². The van der Waals surface area contributed by atoms with Gasteiger partial charge < -0.3 is 0 Å². The highest BCUT2D eigenvalue weighted by Gasteiger charge is 2.28. The van der Waals surface area contributed by atoms with Crippen LogP contribution in [0.4, 0.5) is 0 Å². The molecule has 0 aromatic carbocycles. The second kappa shape index (κ2) is 6.43. The molecule has 1 aromatic heterocycles. The summed E-state index contributed by atoms with van der Waals surface area (Å²) in [4.78, 5) is 15.3. The third-order valence-corrected chi connectivity index (χ3v) is 6.54. The highest BCUT2D eigenvalue weighted by Crippen LogP contribution is 2.36. The van der Waals surface area contributed by atoms with E-state index in [0.717, 1.165) is 23.6 Å². The summed E-state index contributed by atoms with van der Waals surface area (Å²) in [5.74, 6) is 1.65. The Morgan fingerprint density at radius 2 is 1.90 bits per heavy atom. The molecule has 0 saturated heterocycles. The third-order valence-electron chi connectivity index (χ3n) is 5.28. The van der Waals surface area contributed by atoms with Crippen molar-refractivity contribution in [2.75, 3.05) is 0 Å². The summed E-state index contributed by atoms with van der Waals surface area (Å²) in [7, 11) is 0. The summed E-state index contributed by atoms with van der Waals surface area (Å²) in [6.07, 6.45) is 12.4. The van der Waals surface area contributed by atoms with Crippen molar-refractivity contribution in [1.29, 1.82) is 0 Å². The second-order valence-corrected chi connectivity index (χ2v) is 7.75. The van der Waals surface area contributed by atoms with Gasteiger partial charge in [0.25, 0.3) is 0 Å². The van der Waals surface area contributed by atoms with Gasteiger partial charge >= 0.3 is 0 Å². The van der Waals surface area contributed by atoms with Crippen LogP contribution in [-0.4, -0.2) is 5.78 Å². The fraction of sp³-hybridized carbons (Fsp3) is 0.722. The van der Waals surface area contributed by atoms with Crippen LogP contribution in [0.1, 0.15) is 78.4 Å². The van der Waals surface area contributed by atoms with Crippen molar-refractivity contribution in [1.82, 2.24) is 0 Å². The first kappa shape index (κ1) is 14.3. The highest BCUT2D eigenvalue weighted by atomic mass is 32.1. The quantitative estimate of drug-likeness (QED) is 0.537. The van der Waals surface area contributed by atoms with E-state index in [1.54, 1.807) is 0 Å². The summed E-state index contributed by atoms with van der Waals surface area (Å²) in [5.41, 5.74) is 1.48. The molecule has 1 saturated carbocycles. The highest BCUT2D eigenvalue weighted by molar-refractivity contribution is 7.14. The molecule has 3 rings (SSSR count). The second-order valence-electron chi connectivity index (χ2n) is 6.61. The molecule has 0 spiro atoms. The van der Waals surface area contributed by atoms with Gasteiger partial charge in [-0.15, -0.1) is 11.3 Å². The summed E-state index contributed by atoms with van der Waals surface area (Å²) >= 11 is 1.81. The standard InChI is InChI=1S/C18H26OS/c1-2-13-8-10-14(11-9-13)18(19)17-12-15-6-4-3-5-7-16(15)20-17/h12-14H,2-11H2,1H3. The van der Waals surface area contributed by atoms with Gasteiger partial charge in [-0.1, -0.05) is 19.8 Å². The summed E-state index contributed by atoms with van der Waals surface area (Å²) in [6, 6.07) is 2.24. The van der Waals surface area contributed by atoms with Crippen LogP contribution in [0.15, 0.2) is 6.07 Å². The molecular formula is C18H26OS. The van der Waals surface area contributed by atoms with E-state index in [9.17, 15) is 4.79 Å². The molecule has 2 aliphatic carbocycles. The average Bonchev–Trinajstić information content (AvgIpc) is 2.77. The van der Waals surface area contributed by atoms with Gasteiger partial charge in [0.15, 0.2) is 5.78 Å². The average molecular weight is 290 g/mol. The number of hydrogen-bond donors (Lipinski definition) is 0. The summed E-state index contributed by atoms with van der Waals surface area (Å²) < 4.78 is 0. The first-order chi connectivity index (χ1) is 9.78. The zero-order valence-electron chi connectivity index (χ0n) is 12.6. The first-order valence-electron chi connectivity index (χ1n) is 8.43. The van der Waals surface area contributed by atoms with E-state index in [2.05, 4.69) is 13.0 Å². The number of fused-ring (bicyclic) bond motifs is 1. The van der Waals surface area contributed by atoms with E-state index in [1.165, 1.54) is 61.8 Å². The minimum absolute atomic E-state index is 0.320. The van der Waals surface area contributed by atoms with E-state index < -0.39 is 0 Å².